The van der Waals surface area contributed by atoms with E-state index in [1.165, 1.54) is 44.9 Å². The molecule has 2 saturated carbocycles. The summed E-state index contributed by atoms with van der Waals surface area (Å²) in [6.07, 6.45) is 13.2. The largest absolute Gasteiger partial charge is 0.196 e. The fourth-order valence-corrected chi connectivity index (χ4v) is 4.10. The predicted molar refractivity (Wildman–Crippen MR) is 76.0 cm³/mol. The van der Waals surface area contributed by atoms with E-state index < -0.39 is 5.83 Å². The third-order valence-corrected chi connectivity index (χ3v) is 5.44. The van der Waals surface area contributed by atoms with Crippen LogP contribution in [0, 0.1) is 35.0 Å². The minimum atomic E-state index is -0.591. The number of nitriles is 1. The molecule has 0 N–H and O–H groups in total. The van der Waals surface area contributed by atoms with E-state index >= 15 is 0 Å². The molecule has 0 bridgehead atoms. The van der Waals surface area contributed by atoms with Crippen molar-refractivity contribution in [1.82, 2.24) is 0 Å². The standard InChI is InChI=1S/C17H26FN/c1-2-13-3-7-15(8-4-13)16-9-5-14(6-10-16)11-17(18)12-19/h11,13-16H,2-10H2,1H3. The molecule has 0 radical (unpaired) electrons. The summed E-state index contributed by atoms with van der Waals surface area (Å²) >= 11 is 0. The van der Waals surface area contributed by atoms with E-state index in [9.17, 15) is 4.39 Å². The maximum absolute atomic E-state index is 13.0. The predicted octanol–water partition coefficient (Wildman–Crippen LogP) is 5.39. The van der Waals surface area contributed by atoms with Crippen LogP contribution in [0.5, 0.6) is 0 Å². The van der Waals surface area contributed by atoms with Crippen LogP contribution >= 0.6 is 0 Å². The van der Waals surface area contributed by atoms with Crippen LogP contribution in [-0.2, 0) is 0 Å². The van der Waals surface area contributed by atoms with E-state index in [0.29, 0.717) is 5.92 Å². The van der Waals surface area contributed by atoms with Gasteiger partial charge in [0.1, 0.15) is 6.07 Å². The Labute approximate surface area is 116 Å². The van der Waals surface area contributed by atoms with Gasteiger partial charge in [-0.05, 0) is 68.3 Å². The van der Waals surface area contributed by atoms with Crippen LogP contribution in [0.1, 0.15) is 64.7 Å². The van der Waals surface area contributed by atoms with Gasteiger partial charge in [-0.15, -0.1) is 0 Å². The maximum Gasteiger partial charge on any atom is 0.196 e. The normalized spacial score (nSPS) is 36.8. The highest BCUT2D eigenvalue weighted by Gasteiger charge is 2.30. The molecule has 0 saturated heterocycles. The van der Waals surface area contributed by atoms with E-state index in [1.54, 1.807) is 12.1 Å². The quantitative estimate of drug-likeness (QED) is 0.626. The fraction of sp³-hybridized carbons (Fsp3) is 0.824. The Balaban J connectivity index is 1.76. The van der Waals surface area contributed by atoms with Crippen LogP contribution in [0.2, 0.25) is 0 Å². The summed E-state index contributed by atoms with van der Waals surface area (Å²) in [4.78, 5) is 0. The summed E-state index contributed by atoms with van der Waals surface area (Å²) in [5.41, 5.74) is 0. The van der Waals surface area contributed by atoms with Crippen LogP contribution < -0.4 is 0 Å². The number of rotatable bonds is 3. The van der Waals surface area contributed by atoms with Crippen molar-refractivity contribution in [1.29, 1.82) is 5.26 Å². The van der Waals surface area contributed by atoms with Gasteiger partial charge in [0.25, 0.3) is 0 Å². The Kier molecular flexibility index (Phi) is 5.43. The van der Waals surface area contributed by atoms with Crippen molar-refractivity contribution in [2.24, 2.45) is 23.7 Å². The minimum absolute atomic E-state index is 0.308. The summed E-state index contributed by atoms with van der Waals surface area (Å²) < 4.78 is 13.0. The molecule has 0 unspecified atom stereocenters. The van der Waals surface area contributed by atoms with E-state index in [-0.39, 0.29) is 0 Å². The molecule has 0 aromatic heterocycles. The van der Waals surface area contributed by atoms with Crippen LogP contribution in [0.25, 0.3) is 0 Å². The lowest BCUT2D eigenvalue weighted by Crippen LogP contribution is -2.25. The molecular formula is C17H26FN. The van der Waals surface area contributed by atoms with Gasteiger partial charge in [0.15, 0.2) is 5.83 Å². The minimum Gasteiger partial charge on any atom is -0.195 e. The first-order valence-corrected chi connectivity index (χ1v) is 8.00. The molecule has 1 nitrogen and oxygen atoms in total. The van der Waals surface area contributed by atoms with Crippen molar-refractivity contribution in [3.05, 3.63) is 11.9 Å². The zero-order chi connectivity index (χ0) is 13.7. The van der Waals surface area contributed by atoms with Crippen molar-refractivity contribution < 1.29 is 4.39 Å². The fourth-order valence-electron chi connectivity index (χ4n) is 4.10. The topological polar surface area (TPSA) is 23.8 Å². The number of hydrogen-bond donors (Lipinski definition) is 0. The second-order valence-electron chi connectivity index (χ2n) is 6.49. The van der Waals surface area contributed by atoms with E-state index in [0.717, 1.165) is 30.6 Å². The molecule has 19 heavy (non-hydrogen) atoms. The Bertz CT molecular complexity index is 339. The van der Waals surface area contributed by atoms with Gasteiger partial charge in [-0.25, -0.2) is 0 Å². The van der Waals surface area contributed by atoms with Gasteiger partial charge in [0.2, 0.25) is 0 Å². The second kappa shape index (κ2) is 7.08. The lowest BCUT2D eigenvalue weighted by molar-refractivity contribution is 0.154. The highest BCUT2D eigenvalue weighted by Crippen LogP contribution is 2.42. The summed E-state index contributed by atoms with van der Waals surface area (Å²) in [6.45, 7) is 2.31. The van der Waals surface area contributed by atoms with Crippen LogP contribution in [-0.4, -0.2) is 0 Å². The van der Waals surface area contributed by atoms with Crippen LogP contribution in [0.15, 0.2) is 11.9 Å². The summed E-state index contributed by atoms with van der Waals surface area (Å²) in [5, 5.41) is 8.48. The Morgan fingerprint density at radius 3 is 2.05 bits per heavy atom. The molecule has 2 fully saturated rings. The Hall–Kier alpha value is -0.840. The molecule has 2 rings (SSSR count). The number of halogens is 1. The van der Waals surface area contributed by atoms with Crippen molar-refractivity contribution in [2.45, 2.75) is 64.7 Å². The maximum atomic E-state index is 13.0. The average molecular weight is 263 g/mol. The highest BCUT2D eigenvalue weighted by atomic mass is 19.1. The van der Waals surface area contributed by atoms with E-state index in [2.05, 4.69) is 6.92 Å². The Morgan fingerprint density at radius 1 is 1.05 bits per heavy atom. The lowest BCUT2D eigenvalue weighted by Gasteiger charge is -2.37. The first kappa shape index (κ1) is 14.6. The summed E-state index contributed by atoms with van der Waals surface area (Å²) in [5.74, 6) is 2.48. The molecule has 106 valence electrons. The molecule has 0 aromatic rings. The first-order chi connectivity index (χ1) is 9.22. The molecule has 0 heterocycles. The van der Waals surface area contributed by atoms with Crippen molar-refractivity contribution in [3.63, 3.8) is 0 Å². The molecule has 0 spiro atoms. The zero-order valence-corrected chi connectivity index (χ0v) is 12.1. The third-order valence-electron chi connectivity index (χ3n) is 5.44. The number of allylic oxidation sites excluding steroid dienone is 2. The SMILES string of the molecule is CCC1CCC(C2CCC(C=C(F)C#N)CC2)CC1. The van der Waals surface area contributed by atoms with Crippen LogP contribution in [0.4, 0.5) is 4.39 Å². The summed E-state index contributed by atoms with van der Waals surface area (Å²) in [7, 11) is 0. The summed E-state index contributed by atoms with van der Waals surface area (Å²) in [6, 6.07) is 1.59. The molecule has 2 aliphatic rings. The molecule has 0 amide bonds. The molecule has 0 atom stereocenters. The van der Waals surface area contributed by atoms with Gasteiger partial charge in [0.05, 0.1) is 0 Å². The zero-order valence-electron chi connectivity index (χ0n) is 12.1. The average Bonchev–Trinajstić information content (AvgIpc) is 2.48. The van der Waals surface area contributed by atoms with Gasteiger partial charge < -0.3 is 0 Å². The molecule has 0 aromatic carbocycles. The van der Waals surface area contributed by atoms with Crippen molar-refractivity contribution in [3.8, 4) is 6.07 Å². The van der Waals surface area contributed by atoms with Gasteiger partial charge in [0, 0.05) is 0 Å². The van der Waals surface area contributed by atoms with Crippen LogP contribution in [0.3, 0.4) is 0 Å². The molecule has 2 aliphatic carbocycles. The van der Waals surface area contributed by atoms with Crippen molar-refractivity contribution >= 4 is 0 Å². The smallest absolute Gasteiger partial charge is 0.195 e. The van der Waals surface area contributed by atoms with E-state index in [4.69, 9.17) is 5.26 Å². The van der Waals surface area contributed by atoms with Gasteiger partial charge >= 0.3 is 0 Å². The molecular weight excluding hydrogens is 237 g/mol. The monoisotopic (exact) mass is 263 g/mol. The number of nitrogens with zero attached hydrogens (tertiary/aromatic N) is 1. The molecule has 2 heteroatoms. The second-order valence-corrected chi connectivity index (χ2v) is 6.49. The van der Waals surface area contributed by atoms with Gasteiger partial charge in [-0.1, -0.05) is 26.2 Å². The lowest BCUT2D eigenvalue weighted by atomic mass is 9.69. The highest BCUT2D eigenvalue weighted by molar-refractivity contribution is 5.13. The third kappa shape index (κ3) is 4.06. The first-order valence-electron chi connectivity index (χ1n) is 8.00. The van der Waals surface area contributed by atoms with E-state index in [1.807, 2.05) is 0 Å². The Morgan fingerprint density at radius 2 is 1.58 bits per heavy atom. The van der Waals surface area contributed by atoms with Gasteiger partial charge in [-0.2, -0.15) is 9.65 Å². The van der Waals surface area contributed by atoms with Gasteiger partial charge in [-0.3, -0.25) is 0 Å². The molecule has 0 aliphatic heterocycles. The number of hydrogen-bond acceptors (Lipinski definition) is 1. The van der Waals surface area contributed by atoms with Crippen molar-refractivity contribution in [2.75, 3.05) is 0 Å².